The van der Waals surface area contributed by atoms with Crippen LogP contribution in [0, 0.1) is 18.6 Å². The Hall–Kier alpha value is -2.43. The van der Waals surface area contributed by atoms with E-state index in [4.69, 9.17) is 4.74 Å². The van der Waals surface area contributed by atoms with Crippen LogP contribution in [0.15, 0.2) is 36.4 Å². The maximum atomic E-state index is 14.1. The number of nitrogens with zero attached hydrogens (tertiary/aromatic N) is 1. The smallest absolute Gasteiger partial charge is 0.268 e. The van der Waals surface area contributed by atoms with Gasteiger partial charge < -0.3 is 9.64 Å². The van der Waals surface area contributed by atoms with Gasteiger partial charge in [0, 0.05) is 0 Å². The van der Waals surface area contributed by atoms with Crippen LogP contribution in [0.5, 0.6) is 5.75 Å². The van der Waals surface area contributed by atoms with Crippen LogP contribution in [0.2, 0.25) is 0 Å². The Morgan fingerprint density at radius 1 is 1.18 bits per heavy atom. The summed E-state index contributed by atoms with van der Waals surface area (Å²) in [5, 5.41) is 0. The number of halogens is 2. The lowest BCUT2D eigenvalue weighted by atomic mass is 10.1. The summed E-state index contributed by atoms with van der Waals surface area (Å²) < 4.78 is 32.5. The fourth-order valence-electron chi connectivity index (χ4n) is 2.53. The quantitative estimate of drug-likeness (QED) is 0.848. The number of carbonyl (C=O) groups excluding carboxylic acids is 1. The number of hydrogen-bond acceptors (Lipinski definition) is 2. The van der Waals surface area contributed by atoms with Crippen LogP contribution in [-0.2, 0) is 11.3 Å². The largest absolute Gasteiger partial charge is 0.476 e. The molecule has 1 unspecified atom stereocenters. The molecule has 2 aromatic rings. The number of benzene rings is 2. The molecule has 22 heavy (non-hydrogen) atoms. The van der Waals surface area contributed by atoms with Crippen LogP contribution < -0.4 is 9.64 Å². The molecule has 0 bridgehead atoms. The SMILES string of the molecule is Cc1cc(F)c2c(c1)N(Cc1ccc(F)cc1)C(=O)C(C)O2. The molecule has 3 rings (SSSR count). The summed E-state index contributed by atoms with van der Waals surface area (Å²) in [5.74, 6) is -0.993. The lowest BCUT2D eigenvalue weighted by Crippen LogP contribution is -2.44. The number of rotatable bonds is 2. The van der Waals surface area contributed by atoms with Crippen molar-refractivity contribution in [1.82, 2.24) is 0 Å². The monoisotopic (exact) mass is 303 g/mol. The molecule has 1 atom stereocenters. The second-order valence-corrected chi connectivity index (χ2v) is 5.41. The van der Waals surface area contributed by atoms with Crippen molar-refractivity contribution >= 4 is 11.6 Å². The van der Waals surface area contributed by atoms with Crippen molar-refractivity contribution in [1.29, 1.82) is 0 Å². The molecule has 0 N–H and O–H groups in total. The summed E-state index contributed by atoms with van der Waals surface area (Å²) in [6.45, 7) is 3.58. The predicted molar refractivity (Wildman–Crippen MR) is 78.8 cm³/mol. The summed E-state index contributed by atoms with van der Waals surface area (Å²) in [6.07, 6.45) is -0.759. The topological polar surface area (TPSA) is 29.5 Å². The van der Waals surface area contributed by atoms with Gasteiger partial charge in [-0.25, -0.2) is 8.78 Å². The van der Waals surface area contributed by atoms with Crippen LogP contribution in [0.4, 0.5) is 14.5 Å². The fraction of sp³-hybridized carbons (Fsp3) is 0.235. The minimum atomic E-state index is -0.759. The molecular formula is C17H15F2NO2. The van der Waals surface area contributed by atoms with Gasteiger partial charge in [0.1, 0.15) is 5.82 Å². The first-order valence-electron chi connectivity index (χ1n) is 6.98. The minimum absolute atomic E-state index is 0.0832. The molecule has 0 saturated heterocycles. The average molecular weight is 303 g/mol. The average Bonchev–Trinajstić information content (AvgIpc) is 2.47. The molecule has 0 saturated carbocycles. The molecule has 0 spiro atoms. The number of carbonyl (C=O) groups is 1. The van der Waals surface area contributed by atoms with Gasteiger partial charge in [0.25, 0.3) is 5.91 Å². The fourth-order valence-corrected chi connectivity index (χ4v) is 2.53. The van der Waals surface area contributed by atoms with Crippen LogP contribution in [0.3, 0.4) is 0 Å². The number of ether oxygens (including phenoxy) is 1. The summed E-state index contributed by atoms with van der Waals surface area (Å²) in [5.41, 5.74) is 1.87. The Morgan fingerprint density at radius 2 is 1.86 bits per heavy atom. The van der Waals surface area contributed by atoms with Crippen LogP contribution in [0.25, 0.3) is 0 Å². The van der Waals surface area contributed by atoms with Crippen LogP contribution in [-0.4, -0.2) is 12.0 Å². The van der Waals surface area contributed by atoms with Crippen molar-refractivity contribution in [2.45, 2.75) is 26.5 Å². The van der Waals surface area contributed by atoms with Crippen molar-refractivity contribution in [3.63, 3.8) is 0 Å². The zero-order valence-corrected chi connectivity index (χ0v) is 12.3. The molecule has 5 heteroatoms. The van der Waals surface area contributed by atoms with E-state index in [2.05, 4.69) is 0 Å². The molecule has 0 aliphatic carbocycles. The van der Waals surface area contributed by atoms with Gasteiger partial charge in [-0.3, -0.25) is 4.79 Å². The first kappa shape index (κ1) is 14.5. The molecule has 114 valence electrons. The summed E-state index contributed by atoms with van der Waals surface area (Å²) in [6, 6.07) is 8.97. The molecular weight excluding hydrogens is 288 g/mol. The second kappa shape index (κ2) is 5.40. The zero-order valence-electron chi connectivity index (χ0n) is 12.3. The zero-order chi connectivity index (χ0) is 15.9. The Morgan fingerprint density at radius 3 is 2.55 bits per heavy atom. The molecule has 2 aromatic carbocycles. The van der Waals surface area contributed by atoms with E-state index >= 15 is 0 Å². The molecule has 0 fully saturated rings. The molecule has 1 amide bonds. The number of anilines is 1. The molecule has 0 aromatic heterocycles. The minimum Gasteiger partial charge on any atom is -0.476 e. The lowest BCUT2D eigenvalue weighted by molar-refractivity contribution is -0.125. The number of aryl methyl sites for hydroxylation is 1. The van der Waals surface area contributed by atoms with Gasteiger partial charge in [-0.2, -0.15) is 0 Å². The molecule has 1 aliphatic heterocycles. The first-order valence-corrected chi connectivity index (χ1v) is 6.98. The summed E-state index contributed by atoms with van der Waals surface area (Å²) in [4.78, 5) is 13.9. The molecule has 1 aliphatic rings. The van der Waals surface area contributed by atoms with Gasteiger partial charge in [-0.1, -0.05) is 12.1 Å². The Balaban J connectivity index is 2.03. The van der Waals surface area contributed by atoms with E-state index < -0.39 is 11.9 Å². The van der Waals surface area contributed by atoms with E-state index in [0.717, 1.165) is 5.56 Å². The van der Waals surface area contributed by atoms with Gasteiger partial charge in [0.05, 0.1) is 12.2 Å². The highest BCUT2D eigenvalue weighted by atomic mass is 19.1. The van der Waals surface area contributed by atoms with E-state index in [0.29, 0.717) is 11.3 Å². The summed E-state index contributed by atoms with van der Waals surface area (Å²) >= 11 is 0. The predicted octanol–water partition coefficient (Wildman–Crippen LogP) is 3.59. The Labute approximate surface area is 127 Å². The van der Waals surface area contributed by atoms with Crippen molar-refractivity contribution in [3.05, 3.63) is 59.2 Å². The Kier molecular flexibility index (Phi) is 3.56. The third-order valence-electron chi connectivity index (χ3n) is 3.62. The number of fused-ring (bicyclic) bond motifs is 1. The maximum absolute atomic E-state index is 14.1. The van der Waals surface area contributed by atoms with E-state index in [1.807, 2.05) is 0 Å². The number of amides is 1. The van der Waals surface area contributed by atoms with Gasteiger partial charge in [-0.15, -0.1) is 0 Å². The van der Waals surface area contributed by atoms with Crippen LogP contribution >= 0.6 is 0 Å². The summed E-state index contributed by atoms with van der Waals surface area (Å²) in [7, 11) is 0. The van der Waals surface area contributed by atoms with Crippen molar-refractivity contribution in [3.8, 4) is 5.75 Å². The standard InChI is InChI=1S/C17H15F2NO2/c1-10-7-14(19)16-15(8-10)20(17(21)11(2)22-16)9-12-3-5-13(18)6-4-12/h3-8,11H,9H2,1-2H3. The van der Waals surface area contributed by atoms with Crippen molar-refractivity contribution < 1.29 is 18.3 Å². The van der Waals surface area contributed by atoms with E-state index in [9.17, 15) is 13.6 Å². The normalized spacial score (nSPS) is 17.2. The highest BCUT2D eigenvalue weighted by molar-refractivity contribution is 5.99. The van der Waals surface area contributed by atoms with E-state index in [1.54, 1.807) is 32.0 Å². The van der Waals surface area contributed by atoms with Crippen LogP contribution in [0.1, 0.15) is 18.1 Å². The number of hydrogen-bond donors (Lipinski definition) is 0. The highest BCUT2D eigenvalue weighted by Gasteiger charge is 2.33. The van der Waals surface area contributed by atoms with Crippen molar-refractivity contribution in [2.75, 3.05) is 4.90 Å². The highest BCUT2D eigenvalue weighted by Crippen LogP contribution is 2.38. The third-order valence-corrected chi connectivity index (χ3v) is 3.62. The van der Waals surface area contributed by atoms with E-state index in [1.165, 1.54) is 23.1 Å². The Bertz CT molecular complexity index is 728. The molecule has 3 nitrogen and oxygen atoms in total. The van der Waals surface area contributed by atoms with E-state index in [-0.39, 0.29) is 24.0 Å². The molecule has 1 heterocycles. The van der Waals surface area contributed by atoms with Gasteiger partial charge in [0.2, 0.25) is 0 Å². The maximum Gasteiger partial charge on any atom is 0.268 e. The van der Waals surface area contributed by atoms with Gasteiger partial charge in [-0.05, 0) is 49.2 Å². The van der Waals surface area contributed by atoms with Gasteiger partial charge in [0.15, 0.2) is 17.7 Å². The second-order valence-electron chi connectivity index (χ2n) is 5.41. The van der Waals surface area contributed by atoms with Gasteiger partial charge >= 0.3 is 0 Å². The van der Waals surface area contributed by atoms with Crippen molar-refractivity contribution in [2.24, 2.45) is 0 Å². The third kappa shape index (κ3) is 2.54. The lowest BCUT2D eigenvalue weighted by Gasteiger charge is -2.33. The molecule has 0 radical (unpaired) electrons. The first-order chi connectivity index (χ1) is 10.5.